The third-order valence-corrected chi connectivity index (χ3v) is 4.52. The number of hydrazone groups is 1. The minimum Gasteiger partial charge on any atom is -0.494 e. The SMILES string of the molecule is CCOc1ccc(Br)c(/C=N\NC(=S)NC2CCCCC2)c1. The van der Waals surface area contributed by atoms with Crippen molar-refractivity contribution in [2.75, 3.05) is 6.61 Å². The summed E-state index contributed by atoms with van der Waals surface area (Å²) in [5, 5.41) is 8.11. The molecule has 2 rings (SSSR count). The molecule has 4 nitrogen and oxygen atoms in total. The van der Waals surface area contributed by atoms with E-state index in [1.54, 1.807) is 6.21 Å². The predicted molar refractivity (Wildman–Crippen MR) is 98.6 cm³/mol. The van der Waals surface area contributed by atoms with E-state index in [-0.39, 0.29) is 0 Å². The van der Waals surface area contributed by atoms with Crippen molar-refractivity contribution >= 4 is 39.5 Å². The van der Waals surface area contributed by atoms with Gasteiger partial charge < -0.3 is 10.1 Å². The lowest BCUT2D eigenvalue weighted by Crippen LogP contribution is -2.40. The molecule has 0 saturated heterocycles. The number of nitrogens with zero attached hydrogens (tertiary/aromatic N) is 1. The fourth-order valence-electron chi connectivity index (χ4n) is 2.50. The summed E-state index contributed by atoms with van der Waals surface area (Å²) in [4.78, 5) is 0. The number of ether oxygens (including phenoxy) is 1. The van der Waals surface area contributed by atoms with E-state index in [0.717, 1.165) is 15.8 Å². The maximum absolute atomic E-state index is 5.49. The zero-order valence-electron chi connectivity index (χ0n) is 12.8. The highest BCUT2D eigenvalue weighted by Gasteiger charge is 2.13. The van der Waals surface area contributed by atoms with Crippen LogP contribution in [0.4, 0.5) is 0 Å². The molecular formula is C16H22BrN3OS. The fourth-order valence-corrected chi connectivity index (χ4v) is 3.07. The van der Waals surface area contributed by atoms with Crippen LogP contribution in [0.3, 0.4) is 0 Å². The van der Waals surface area contributed by atoms with Gasteiger partial charge >= 0.3 is 0 Å². The van der Waals surface area contributed by atoms with Crippen molar-refractivity contribution in [2.45, 2.75) is 45.1 Å². The summed E-state index contributed by atoms with van der Waals surface area (Å²) in [6.07, 6.45) is 8.00. The van der Waals surface area contributed by atoms with Crippen LogP contribution in [0.25, 0.3) is 0 Å². The van der Waals surface area contributed by atoms with Crippen molar-refractivity contribution in [3.63, 3.8) is 0 Å². The molecule has 120 valence electrons. The predicted octanol–water partition coefficient (Wildman–Crippen LogP) is 3.98. The van der Waals surface area contributed by atoms with Crippen LogP contribution in [-0.2, 0) is 0 Å². The molecule has 1 aliphatic rings. The van der Waals surface area contributed by atoms with E-state index < -0.39 is 0 Å². The third kappa shape index (κ3) is 5.57. The van der Waals surface area contributed by atoms with E-state index in [4.69, 9.17) is 17.0 Å². The molecule has 1 aliphatic carbocycles. The first-order valence-corrected chi connectivity index (χ1v) is 8.91. The Labute approximate surface area is 145 Å². The number of hydrogen-bond donors (Lipinski definition) is 2. The molecule has 0 bridgehead atoms. The summed E-state index contributed by atoms with van der Waals surface area (Å²) in [5.74, 6) is 0.829. The highest BCUT2D eigenvalue weighted by molar-refractivity contribution is 9.10. The lowest BCUT2D eigenvalue weighted by Gasteiger charge is -2.23. The first-order chi connectivity index (χ1) is 10.7. The minimum atomic E-state index is 0.483. The van der Waals surface area contributed by atoms with Gasteiger partial charge in [-0.2, -0.15) is 5.10 Å². The number of hydrogen-bond acceptors (Lipinski definition) is 3. The Hall–Kier alpha value is -1.14. The highest BCUT2D eigenvalue weighted by Crippen LogP contribution is 2.21. The average molecular weight is 384 g/mol. The Morgan fingerprint density at radius 1 is 1.41 bits per heavy atom. The van der Waals surface area contributed by atoms with Crippen LogP contribution in [0.2, 0.25) is 0 Å². The van der Waals surface area contributed by atoms with E-state index in [2.05, 4.69) is 31.8 Å². The molecule has 0 aliphatic heterocycles. The van der Waals surface area contributed by atoms with Crippen molar-refractivity contribution in [1.82, 2.24) is 10.7 Å². The van der Waals surface area contributed by atoms with Gasteiger partial charge in [0.25, 0.3) is 0 Å². The maximum atomic E-state index is 5.49. The van der Waals surface area contributed by atoms with Crippen LogP contribution in [0.5, 0.6) is 5.75 Å². The first-order valence-electron chi connectivity index (χ1n) is 7.71. The lowest BCUT2D eigenvalue weighted by atomic mass is 9.96. The number of thiocarbonyl (C=S) groups is 1. The second-order valence-corrected chi connectivity index (χ2v) is 6.56. The number of benzene rings is 1. The quantitative estimate of drug-likeness (QED) is 0.458. The highest BCUT2D eigenvalue weighted by atomic mass is 79.9. The lowest BCUT2D eigenvalue weighted by molar-refractivity contribution is 0.340. The topological polar surface area (TPSA) is 45.6 Å². The normalized spacial score (nSPS) is 15.7. The van der Waals surface area contributed by atoms with Gasteiger partial charge in [-0.15, -0.1) is 0 Å². The van der Waals surface area contributed by atoms with Crippen molar-refractivity contribution in [2.24, 2.45) is 5.10 Å². The van der Waals surface area contributed by atoms with Crippen molar-refractivity contribution < 1.29 is 4.74 Å². The molecule has 1 saturated carbocycles. The van der Waals surface area contributed by atoms with E-state index in [9.17, 15) is 0 Å². The number of rotatable bonds is 5. The molecule has 0 spiro atoms. The van der Waals surface area contributed by atoms with Crippen LogP contribution >= 0.6 is 28.1 Å². The van der Waals surface area contributed by atoms with Crippen LogP contribution in [0.15, 0.2) is 27.8 Å². The molecule has 0 atom stereocenters. The standard InChI is InChI=1S/C16H22BrN3OS/c1-2-21-14-8-9-15(17)12(10-14)11-18-20-16(22)19-13-6-4-3-5-7-13/h8-11,13H,2-7H2,1H3,(H2,19,20,22)/b18-11-. The van der Waals surface area contributed by atoms with Crippen LogP contribution in [0, 0.1) is 0 Å². The minimum absolute atomic E-state index is 0.483. The van der Waals surface area contributed by atoms with Gasteiger partial charge in [0.2, 0.25) is 0 Å². The van der Waals surface area contributed by atoms with Crippen molar-refractivity contribution in [1.29, 1.82) is 0 Å². The molecule has 1 aromatic carbocycles. The molecule has 0 aromatic heterocycles. The number of nitrogens with one attached hydrogen (secondary N) is 2. The van der Waals surface area contributed by atoms with E-state index in [0.29, 0.717) is 17.8 Å². The maximum Gasteiger partial charge on any atom is 0.187 e. The fraction of sp³-hybridized carbons (Fsp3) is 0.500. The first kappa shape index (κ1) is 17.2. The summed E-state index contributed by atoms with van der Waals surface area (Å²) in [7, 11) is 0. The van der Waals surface area contributed by atoms with Gasteiger partial charge in [-0.1, -0.05) is 35.2 Å². The summed E-state index contributed by atoms with van der Waals surface area (Å²) in [5.41, 5.74) is 3.83. The monoisotopic (exact) mass is 383 g/mol. The van der Waals surface area contributed by atoms with E-state index in [1.807, 2.05) is 25.1 Å². The second kappa shape index (κ2) is 9.10. The van der Waals surface area contributed by atoms with E-state index >= 15 is 0 Å². The Bertz CT molecular complexity index is 530. The van der Waals surface area contributed by atoms with Gasteiger partial charge in [0.05, 0.1) is 12.8 Å². The molecule has 2 N–H and O–H groups in total. The Kier molecular flexibility index (Phi) is 7.12. The molecule has 22 heavy (non-hydrogen) atoms. The molecule has 1 fully saturated rings. The zero-order valence-corrected chi connectivity index (χ0v) is 15.2. The average Bonchev–Trinajstić information content (AvgIpc) is 2.51. The third-order valence-electron chi connectivity index (χ3n) is 3.59. The van der Waals surface area contributed by atoms with Crippen molar-refractivity contribution in [3.05, 3.63) is 28.2 Å². The van der Waals surface area contributed by atoms with Gasteiger partial charge in [-0.25, -0.2) is 0 Å². The van der Waals surface area contributed by atoms with Gasteiger partial charge in [0.15, 0.2) is 5.11 Å². The molecule has 1 aromatic rings. The Balaban J connectivity index is 1.85. The molecule has 0 unspecified atom stereocenters. The summed E-state index contributed by atoms with van der Waals surface area (Å²) in [6.45, 7) is 2.61. The van der Waals surface area contributed by atoms with Crippen LogP contribution < -0.4 is 15.5 Å². The van der Waals surface area contributed by atoms with E-state index in [1.165, 1.54) is 32.1 Å². The number of halogens is 1. The smallest absolute Gasteiger partial charge is 0.187 e. The Morgan fingerprint density at radius 2 is 2.18 bits per heavy atom. The van der Waals surface area contributed by atoms with Gasteiger partial charge in [0, 0.05) is 16.1 Å². The molecule has 0 heterocycles. The second-order valence-electron chi connectivity index (χ2n) is 5.29. The van der Waals surface area contributed by atoms with Gasteiger partial charge in [-0.3, -0.25) is 5.43 Å². The van der Waals surface area contributed by atoms with Crippen LogP contribution in [-0.4, -0.2) is 24.0 Å². The van der Waals surface area contributed by atoms with Crippen molar-refractivity contribution in [3.8, 4) is 5.75 Å². The summed E-state index contributed by atoms with van der Waals surface area (Å²) >= 11 is 8.78. The molecular weight excluding hydrogens is 362 g/mol. The van der Waals surface area contributed by atoms with Gasteiger partial charge in [-0.05, 0) is 50.2 Å². The molecule has 0 amide bonds. The summed E-state index contributed by atoms with van der Waals surface area (Å²) in [6, 6.07) is 6.30. The zero-order chi connectivity index (χ0) is 15.8. The molecule has 6 heteroatoms. The van der Waals surface area contributed by atoms with Crippen LogP contribution in [0.1, 0.15) is 44.6 Å². The largest absolute Gasteiger partial charge is 0.494 e. The molecule has 0 radical (unpaired) electrons. The summed E-state index contributed by atoms with van der Waals surface area (Å²) < 4.78 is 6.45. The Morgan fingerprint density at radius 3 is 2.91 bits per heavy atom. The van der Waals surface area contributed by atoms with Gasteiger partial charge in [0.1, 0.15) is 5.75 Å².